The molecular formula is C16H17N3O4S. The van der Waals surface area contributed by atoms with Gasteiger partial charge in [0, 0.05) is 10.6 Å². The highest BCUT2D eigenvalue weighted by atomic mass is 32.1. The zero-order valence-electron chi connectivity index (χ0n) is 13.0. The highest BCUT2D eigenvalue weighted by molar-refractivity contribution is 7.17. The Balaban J connectivity index is 1.76. The van der Waals surface area contributed by atoms with Gasteiger partial charge in [-0.1, -0.05) is 0 Å². The number of amides is 3. The fourth-order valence-electron chi connectivity index (χ4n) is 2.52. The summed E-state index contributed by atoms with van der Waals surface area (Å²) in [7, 11) is 1.57. The van der Waals surface area contributed by atoms with Crippen molar-refractivity contribution in [1.82, 2.24) is 0 Å². The average molecular weight is 347 g/mol. The van der Waals surface area contributed by atoms with Crippen LogP contribution in [0.1, 0.15) is 20.8 Å². The molecule has 7 nitrogen and oxygen atoms in total. The lowest BCUT2D eigenvalue weighted by Crippen LogP contribution is -2.22. The number of anilines is 2. The van der Waals surface area contributed by atoms with Crippen molar-refractivity contribution < 1.29 is 19.1 Å². The zero-order valence-corrected chi connectivity index (χ0v) is 13.9. The van der Waals surface area contributed by atoms with Crippen LogP contribution >= 0.6 is 11.3 Å². The molecule has 3 amide bonds. The third kappa shape index (κ3) is 3.34. The minimum Gasteiger partial charge on any atom is -0.497 e. The molecule has 1 aromatic heterocycles. The van der Waals surface area contributed by atoms with Gasteiger partial charge in [0.2, 0.25) is 0 Å². The molecule has 1 aliphatic heterocycles. The van der Waals surface area contributed by atoms with Gasteiger partial charge in [-0.2, -0.15) is 0 Å². The van der Waals surface area contributed by atoms with Crippen molar-refractivity contribution >= 4 is 34.0 Å². The van der Waals surface area contributed by atoms with E-state index < -0.39 is 11.9 Å². The molecule has 0 saturated carbocycles. The number of thiophene rings is 1. The Hall–Kier alpha value is -2.58. The minimum atomic E-state index is -0.547. The van der Waals surface area contributed by atoms with E-state index in [0.29, 0.717) is 41.6 Å². The van der Waals surface area contributed by atoms with Crippen molar-refractivity contribution in [3.8, 4) is 5.75 Å². The number of primary amides is 1. The number of ether oxygens (including phenoxy) is 2. The summed E-state index contributed by atoms with van der Waals surface area (Å²) in [5.74, 6) is 0.150. The molecule has 24 heavy (non-hydrogen) atoms. The largest absolute Gasteiger partial charge is 0.497 e. The van der Waals surface area contributed by atoms with E-state index in [-0.39, 0.29) is 0 Å². The van der Waals surface area contributed by atoms with Crippen molar-refractivity contribution in [2.45, 2.75) is 13.0 Å². The second-order valence-electron chi connectivity index (χ2n) is 5.18. The smallest absolute Gasteiger partial charge is 0.324 e. The van der Waals surface area contributed by atoms with E-state index in [9.17, 15) is 9.59 Å². The normalized spacial score (nSPS) is 13.0. The number of nitrogens with two attached hydrogens (primary N) is 1. The number of methoxy groups -OCH3 is 1. The number of benzene rings is 1. The summed E-state index contributed by atoms with van der Waals surface area (Å²) in [4.78, 5) is 24.9. The SMILES string of the molecule is COc1ccc(NC(=O)Nc2sc3c(c2C(N)=O)CCOC3)cc1. The van der Waals surface area contributed by atoms with Crippen LogP contribution in [0.5, 0.6) is 5.75 Å². The number of urea groups is 1. The van der Waals surface area contributed by atoms with Crippen LogP contribution in [0.3, 0.4) is 0 Å². The molecule has 1 aromatic carbocycles. The molecule has 2 heterocycles. The topological polar surface area (TPSA) is 103 Å². The predicted molar refractivity (Wildman–Crippen MR) is 91.8 cm³/mol. The summed E-state index contributed by atoms with van der Waals surface area (Å²) < 4.78 is 10.5. The van der Waals surface area contributed by atoms with Gasteiger partial charge >= 0.3 is 6.03 Å². The van der Waals surface area contributed by atoms with Crippen LogP contribution in [0, 0.1) is 0 Å². The third-order valence-corrected chi connectivity index (χ3v) is 4.76. The average Bonchev–Trinajstić information content (AvgIpc) is 2.93. The number of fused-ring (bicyclic) bond motifs is 1. The van der Waals surface area contributed by atoms with Gasteiger partial charge in [-0.15, -0.1) is 11.3 Å². The molecule has 0 radical (unpaired) electrons. The van der Waals surface area contributed by atoms with E-state index in [0.717, 1.165) is 10.4 Å². The van der Waals surface area contributed by atoms with Crippen molar-refractivity contribution in [2.24, 2.45) is 5.73 Å². The number of nitrogens with one attached hydrogen (secondary N) is 2. The molecule has 126 valence electrons. The van der Waals surface area contributed by atoms with Crippen molar-refractivity contribution in [3.05, 3.63) is 40.3 Å². The van der Waals surface area contributed by atoms with Crippen LogP contribution in [0.15, 0.2) is 24.3 Å². The first-order valence-corrected chi connectivity index (χ1v) is 8.14. The predicted octanol–water partition coefficient (Wildman–Crippen LogP) is 2.57. The minimum absolute atomic E-state index is 0.378. The van der Waals surface area contributed by atoms with E-state index in [1.807, 2.05) is 0 Å². The molecule has 8 heteroatoms. The van der Waals surface area contributed by atoms with Gasteiger partial charge in [0.1, 0.15) is 10.8 Å². The lowest BCUT2D eigenvalue weighted by atomic mass is 10.1. The second kappa shape index (κ2) is 6.90. The van der Waals surface area contributed by atoms with E-state index in [1.165, 1.54) is 11.3 Å². The summed E-state index contributed by atoms with van der Waals surface area (Å²) in [6, 6.07) is 6.49. The number of carbonyl (C=O) groups is 2. The molecule has 0 atom stereocenters. The monoisotopic (exact) mass is 347 g/mol. The first-order chi connectivity index (χ1) is 11.6. The lowest BCUT2D eigenvalue weighted by molar-refractivity contribution is 0.0991. The molecule has 0 aliphatic carbocycles. The zero-order chi connectivity index (χ0) is 17.1. The van der Waals surface area contributed by atoms with Gasteiger partial charge in [0.15, 0.2) is 0 Å². The van der Waals surface area contributed by atoms with Crippen LogP contribution in [-0.2, 0) is 17.8 Å². The highest BCUT2D eigenvalue weighted by Crippen LogP contribution is 2.36. The number of hydrogen-bond donors (Lipinski definition) is 3. The molecule has 3 rings (SSSR count). The first kappa shape index (κ1) is 16.3. The summed E-state index contributed by atoms with van der Waals surface area (Å²) in [6.07, 6.45) is 0.617. The summed E-state index contributed by atoms with van der Waals surface area (Å²) in [6.45, 7) is 0.976. The quantitative estimate of drug-likeness (QED) is 0.791. The highest BCUT2D eigenvalue weighted by Gasteiger charge is 2.25. The van der Waals surface area contributed by atoms with Gasteiger partial charge in [0.25, 0.3) is 5.91 Å². The molecule has 0 spiro atoms. The summed E-state index contributed by atoms with van der Waals surface area (Å²) in [5, 5.41) is 5.86. The van der Waals surface area contributed by atoms with Crippen LogP contribution < -0.4 is 21.1 Å². The van der Waals surface area contributed by atoms with Crippen molar-refractivity contribution in [1.29, 1.82) is 0 Å². The Morgan fingerprint density at radius 2 is 2.00 bits per heavy atom. The Morgan fingerprint density at radius 1 is 1.25 bits per heavy atom. The Kier molecular flexibility index (Phi) is 4.68. The fourth-order valence-corrected chi connectivity index (χ4v) is 3.71. The maximum absolute atomic E-state index is 12.2. The molecule has 4 N–H and O–H groups in total. The van der Waals surface area contributed by atoms with Gasteiger partial charge < -0.3 is 20.5 Å². The molecule has 0 saturated heterocycles. The summed E-state index contributed by atoms with van der Waals surface area (Å²) >= 11 is 1.32. The first-order valence-electron chi connectivity index (χ1n) is 7.32. The van der Waals surface area contributed by atoms with Crippen LogP contribution in [-0.4, -0.2) is 25.7 Å². The lowest BCUT2D eigenvalue weighted by Gasteiger charge is -2.12. The van der Waals surface area contributed by atoms with E-state index >= 15 is 0 Å². The molecule has 2 aromatic rings. The molecular weight excluding hydrogens is 330 g/mol. The molecule has 0 bridgehead atoms. The maximum Gasteiger partial charge on any atom is 0.324 e. The van der Waals surface area contributed by atoms with Gasteiger partial charge in [0.05, 0.1) is 25.9 Å². The third-order valence-electron chi connectivity index (χ3n) is 3.64. The molecule has 0 fully saturated rings. The number of rotatable bonds is 4. The summed E-state index contributed by atoms with van der Waals surface area (Å²) in [5.41, 5.74) is 7.35. The Labute approximate surface area is 142 Å². The van der Waals surface area contributed by atoms with Gasteiger partial charge in [-0.25, -0.2) is 4.79 Å². The Bertz CT molecular complexity index is 770. The fraction of sp³-hybridized carbons (Fsp3) is 0.250. The Morgan fingerprint density at radius 3 is 2.67 bits per heavy atom. The van der Waals surface area contributed by atoms with Gasteiger partial charge in [-0.05, 0) is 36.2 Å². The standard InChI is InChI=1S/C16H17N3O4S/c1-22-10-4-2-9(3-5-10)18-16(21)19-15-13(14(17)20)11-6-7-23-8-12(11)24-15/h2-5H,6-8H2,1H3,(H2,17,20)(H2,18,19,21). The van der Waals surface area contributed by atoms with Gasteiger partial charge in [-0.3, -0.25) is 10.1 Å². The molecule has 0 unspecified atom stereocenters. The van der Waals surface area contributed by atoms with E-state index in [1.54, 1.807) is 31.4 Å². The second-order valence-corrected chi connectivity index (χ2v) is 6.29. The van der Waals surface area contributed by atoms with Crippen molar-refractivity contribution in [3.63, 3.8) is 0 Å². The van der Waals surface area contributed by atoms with E-state index in [4.69, 9.17) is 15.2 Å². The van der Waals surface area contributed by atoms with Crippen LogP contribution in [0.4, 0.5) is 15.5 Å². The van der Waals surface area contributed by atoms with Crippen LogP contribution in [0.2, 0.25) is 0 Å². The van der Waals surface area contributed by atoms with Crippen molar-refractivity contribution in [2.75, 3.05) is 24.4 Å². The number of hydrogen-bond acceptors (Lipinski definition) is 5. The van der Waals surface area contributed by atoms with Crippen LogP contribution in [0.25, 0.3) is 0 Å². The van der Waals surface area contributed by atoms with E-state index in [2.05, 4.69) is 10.6 Å². The molecule has 1 aliphatic rings. The number of carbonyl (C=O) groups excluding carboxylic acids is 2. The maximum atomic E-state index is 12.2.